The molecule has 0 unspecified atom stereocenters. The number of hydrogen-bond donors (Lipinski definition) is 0. The van der Waals surface area contributed by atoms with Crippen molar-refractivity contribution in [1.82, 2.24) is 0 Å². The first-order chi connectivity index (χ1) is 26.2. The average molecular weight is 677 g/mol. The largest absolute Gasteiger partial charge is 0.207 e. The van der Waals surface area contributed by atoms with Crippen LogP contribution in [0.4, 0.5) is 4.39 Å². The van der Waals surface area contributed by atoms with Crippen molar-refractivity contribution in [3.63, 3.8) is 0 Å². The molecular formula is C52H33F. The van der Waals surface area contributed by atoms with E-state index in [0.29, 0.717) is 0 Å². The van der Waals surface area contributed by atoms with Gasteiger partial charge in [-0.05, 0) is 117 Å². The maximum atomic E-state index is 14.0. The maximum Gasteiger partial charge on any atom is 0.123 e. The van der Waals surface area contributed by atoms with Gasteiger partial charge in [0.05, 0.1) is 0 Å². The van der Waals surface area contributed by atoms with Gasteiger partial charge in [0.25, 0.3) is 0 Å². The molecule has 10 rings (SSSR count). The van der Waals surface area contributed by atoms with Crippen molar-refractivity contribution in [3.8, 4) is 55.6 Å². The van der Waals surface area contributed by atoms with E-state index in [9.17, 15) is 4.39 Å². The van der Waals surface area contributed by atoms with E-state index >= 15 is 0 Å². The van der Waals surface area contributed by atoms with E-state index in [4.69, 9.17) is 0 Å². The van der Waals surface area contributed by atoms with E-state index < -0.39 is 0 Å². The Balaban J connectivity index is 1.21. The molecular weight excluding hydrogens is 644 g/mol. The van der Waals surface area contributed by atoms with Crippen molar-refractivity contribution < 1.29 is 4.39 Å². The van der Waals surface area contributed by atoms with Crippen molar-refractivity contribution in [2.45, 2.75) is 0 Å². The smallest absolute Gasteiger partial charge is 0.123 e. The van der Waals surface area contributed by atoms with Crippen molar-refractivity contribution in [2.75, 3.05) is 0 Å². The lowest BCUT2D eigenvalue weighted by atomic mass is 9.83. The molecule has 0 aliphatic heterocycles. The van der Waals surface area contributed by atoms with E-state index in [2.05, 4.69) is 176 Å². The molecule has 10 aromatic carbocycles. The number of benzene rings is 10. The average Bonchev–Trinajstić information content (AvgIpc) is 3.23. The minimum atomic E-state index is -0.231. The Morgan fingerprint density at radius 2 is 0.491 bits per heavy atom. The lowest BCUT2D eigenvalue weighted by Crippen LogP contribution is -1.93. The van der Waals surface area contributed by atoms with Crippen molar-refractivity contribution in [2.24, 2.45) is 0 Å². The summed E-state index contributed by atoms with van der Waals surface area (Å²) in [5.41, 5.74) is 11.8. The summed E-state index contributed by atoms with van der Waals surface area (Å²) in [7, 11) is 0. The molecule has 0 fully saturated rings. The summed E-state index contributed by atoms with van der Waals surface area (Å²) >= 11 is 0. The zero-order valence-corrected chi connectivity index (χ0v) is 28.9. The monoisotopic (exact) mass is 676 g/mol. The summed E-state index contributed by atoms with van der Waals surface area (Å²) in [5, 5.41) is 9.60. The first-order valence-corrected chi connectivity index (χ1v) is 18.1. The Morgan fingerprint density at radius 1 is 0.208 bits per heavy atom. The minimum Gasteiger partial charge on any atom is -0.207 e. The van der Waals surface area contributed by atoms with Crippen LogP contribution in [0, 0.1) is 5.82 Å². The molecule has 53 heavy (non-hydrogen) atoms. The lowest BCUT2D eigenvalue weighted by Gasteiger charge is -2.20. The standard InChI is InChI=1S/C52H33F/c53-40-30-27-38(28-31-40)50-43-19-9-7-17-41(43)49(42-18-8-10-20-44(42)50)36-23-25-37(26-24-36)51-45-21-11-12-22-46(45)52(35-15-5-2-6-16-35)48-33-39(29-32-47(48)51)34-13-3-1-4-14-34/h1-33H. The second kappa shape index (κ2) is 12.7. The molecule has 0 saturated carbocycles. The Hall–Kier alpha value is -6.83. The van der Waals surface area contributed by atoms with Crippen molar-refractivity contribution in [1.29, 1.82) is 0 Å². The Labute approximate surface area is 308 Å². The highest BCUT2D eigenvalue weighted by atomic mass is 19.1. The normalized spacial score (nSPS) is 11.5. The molecule has 0 atom stereocenters. The fourth-order valence-electron chi connectivity index (χ4n) is 8.39. The van der Waals surface area contributed by atoms with Gasteiger partial charge in [0, 0.05) is 0 Å². The number of halogens is 1. The van der Waals surface area contributed by atoms with Gasteiger partial charge in [0.15, 0.2) is 0 Å². The van der Waals surface area contributed by atoms with Crippen LogP contribution in [0.15, 0.2) is 200 Å². The van der Waals surface area contributed by atoms with Gasteiger partial charge in [0.2, 0.25) is 0 Å². The fourth-order valence-corrected chi connectivity index (χ4v) is 8.39. The number of fused-ring (bicyclic) bond motifs is 4. The van der Waals surface area contributed by atoms with Gasteiger partial charge < -0.3 is 0 Å². The topological polar surface area (TPSA) is 0 Å². The lowest BCUT2D eigenvalue weighted by molar-refractivity contribution is 0.628. The van der Waals surface area contributed by atoms with Crippen molar-refractivity contribution in [3.05, 3.63) is 206 Å². The van der Waals surface area contributed by atoms with Crippen LogP contribution in [-0.4, -0.2) is 0 Å². The zero-order valence-electron chi connectivity index (χ0n) is 28.9. The van der Waals surface area contributed by atoms with Crippen LogP contribution >= 0.6 is 0 Å². The van der Waals surface area contributed by atoms with Crippen LogP contribution in [0.1, 0.15) is 0 Å². The van der Waals surface area contributed by atoms with Crippen LogP contribution in [-0.2, 0) is 0 Å². The van der Waals surface area contributed by atoms with Gasteiger partial charge >= 0.3 is 0 Å². The Morgan fingerprint density at radius 3 is 0.906 bits per heavy atom. The highest BCUT2D eigenvalue weighted by Gasteiger charge is 2.19. The van der Waals surface area contributed by atoms with Crippen LogP contribution < -0.4 is 0 Å². The van der Waals surface area contributed by atoms with E-state index in [0.717, 1.165) is 27.5 Å². The molecule has 0 aliphatic rings. The van der Waals surface area contributed by atoms with Gasteiger partial charge in [-0.15, -0.1) is 0 Å². The quantitative estimate of drug-likeness (QED) is 0.159. The molecule has 0 bridgehead atoms. The summed E-state index contributed by atoms with van der Waals surface area (Å²) in [4.78, 5) is 0. The maximum absolute atomic E-state index is 14.0. The molecule has 248 valence electrons. The first kappa shape index (κ1) is 30.9. The van der Waals surface area contributed by atoms with Crippen LogP contribution in [0.5, 0.6) is 0 Å². The van der Waals surface area contributed by atoms with Gasteiger partial charge in [-0.25, -0.2) is 4.39 Å². The zero-order chi connectivity index (χ0) is 35.3. The third-order valence-corrected chi connectivity index (χ3v) is 10.7. The summed E-state index contributed by atoms with van der Waals surface area (Å²) in [6.45, 7) is 0. The van der Waals surface area contributed by atoms with Gasteiger partial charge in [-0.2, -0.15) is 0 Å². The minimum absolute atomic E-state index is 0.231. The molecule has 0 spiro atoms. The summed E-state index contributed by atoms with van der Waals surface area (Å²) < 4.78 is 14.0. The first-order valence-electron chi connectivity index (χ1n) is 18.1. The van der Waals surface area contributed by atoms with E-state index in [1.54, 1.807) is 12.1 Å². The third-order valence-electron chi connectivity index (χ3n) is 10.7. The molecule has 1 heteroatoms. The molecule has 0 nitrogen and oxygen atoms in total. The molecule has 0 N–H and O–H groups in total. The Bertz CT molecular complexity index is 2900. The molecule has 0 amide bonds. The number of hydrogen-bond acceptors (Lipinski definition) is 0. The predicted octanol–water partition coefficient (Wildman–Crippen LogP) is 14.8. The SMILES string of the molecule is Fc1ccc(-c2c3ccccc3c(-c3ccc(-c4c5ccccc5c(-c5ccccc5)c5cc(-c6ccccc6)ccc45)cc3)c3ccccc23)cc1. The third kappa shape index (κ3) is 5.21. The number of rotatable bonds is 5. The van der Waals surface area contributed by atoms with Crippen molar-refractivity contribution >= 4 is 43.1 Å². The molecule has 0 heterocycles. The molecule has 0 aromatic heterocycles. The predicted molar refractivity (Wildman–Crippen MR) is 224 cm³/mol. The van der Waals surface area contributed by atoms with E-state index in [-0.39, 0.29) is 5.82 Å². The second-order valence-corrected chi connectivity index (χ2v) is 13.7. The molecule has 0 aliphatic carbocycles. The van der Waals surface area contributed by atoms with Crippen LogP contribution in [0.2, 0.25) is 0 Å². The Kier molecular flexibility index (Phi) is 7.44. The van der Waals surface area contributed by atoms with Gasteiger partial charge in [-0.1, -0.05) is 182 Å². The molecule has 0 radical (unpaired) electrons. The summed E-state index contributed by atoms with van der Waals surface area (Å²) in [6.07, 6.45) is 0. The second-order valence-electron chi connectivity index (χ2n) is 13.7. The van der Waals surface area contributed by atoms with Gasteiger partial charge in [0.1, 0.15) is 5.82 Å². The van der Waals surface area contributed by atoms with Crippen LogP contribution in [0.3, 0.4) is 0 Å². The molecule has 0 saturated heterocycles. The van der Waals surface area contributed by atoms with E-state index in [1.807, 2.05) is 12.1 Å². The summed E-state index contributed by atoms with van der Waals surface area (Å²) in [6, 6.07) is 70.5. The highest BCUT2D eigenvalue weighted by Crippen LogP contribution is 2.47. The summed E-state index contributed by atoms with van der Waals surface area (Å²) in [5.74, 6) is -0.231. The highest BCUT2D eigenvalue weighted by molar-refractivity contribution is 6.23. The van der Waals surface area contributed by atoms with E-state index in [1.165, 1.54) is 71.3 Å². The van der Waals surface area contributed by atoms with Crippen LogP contribution in [0.25, 0.3) is 98.7 Å². The van der Waals surface area contributed by atoms with Gasteiger partial charge in [-0.3, -0.25) is 0 Å². The fraction of sp³-hybridized carbons (Fsp3) is 0. The molecule has 10 aromatic rings.